The standard InChI is InChI=1S/C27H36N4O2S/c1-19(20(2)29-21(3)34-25-11-9-24(32)10-12-25)18-30-15-13-23(14-16-30)31-26(17-28-27(31)33)22-7-5-4-6-8-22/h5,7-12,23,26,32H,4,6,13-18H2,1-3H3,(H,28,33)/b20-19+,29-21?/t26-/m0/s1. The van der Waals surface area contributed by atoms with E-state index in [-0.39, 0.29) is 17.8 Å². The minimum absolute atomic E-state index is 0.0891. The number of allylic oxidation sites excluding steroid dienone is 3. The topological polar surface area (TPSA) is 68.2 Å². The lowest BCUT2D eigenvalue weighted by atomic mass is 9.96. The Labute approximate surface area is 207 Å². The van der Waals surface area contributed by atoms with Crippen molar-refractivity contribution >= 4 is 22.8 Å². The fourth-order valence-electron chi connectivity index (χ4n) is 4.94. The first-order valence-corrected chi connectivity index (χ1v) is 13.1. The van der Waals surface area contributed by atoms with E-state index in [9.17, 15) is 9.90 Å². The number of carbonyl (C=O) groups is 1. The van der Waals surface area contributed by atoms with Crippen LogP contribution in [0.5, 0.6) is 5.75 Å². The summed E-state index contributed by atoms with van der Waals surface area (Å²) in [6.07, 6.45) is 10.9. The average Bonchev–Trinajstić information content (AvgIpc) is 3.23. The lowest BCUT2D eigenvalue weighted by molar-refractivity contribution is 0.127. The third-order valence-electron chi connectivity index (χ3n) is 6.88. The molecule has 34 heavy (non-hydrogen) atoms. The third kappa shape index (κ3) is 6.13. The zero-order valence-corrected chi connectivity index (χ0v) is 21.3. The Bertz CT molecular complexity index is 1000. The number of amides is 2. The highest BCUT2D eigenvalue weighted by molar-refractivity contribution is 8.13. The van der Waals surface area contributed by atoms with Gasteiger partial charge in [0.1, 0.15) is 5.75 Å². The molecule has 0 radical (unpaired) electrons. The van der Waals surface area contributed by atoms with E-state index in [1.54, 1.807) is 23.9 Å². The second kappa shape index (κ2) is 11.3. The molecule has 0 aromatic heterocycles. The molecule has 2 N–H and O–H groups in total. The fraction of sp³-hybridized carbons (Fsp3) is 0.481. The highest BCUT2D eigenvalue weighted by Crippen LogP contribution is 2.28. The number of benzene rings is 1. The van der Waals surface area contributed by atoms with Crippen molar-refractivity contribution in [3.63, 3.8) is 0 Å². The summed E-state index contributed by atoms with van der Waals surface area (Å²) in [5.41, 5.74) is 3.62. The van der Waals surface area contributed by atoms with Gasteiger partial charge in [-0.2, -0.15) is 0 Å². The number of phenols is 1. The summed E-state index contributed by atoms with van der Waals surface area (Å²) in [4.78, 5) is 23.1. The normalized spacial score (nSPS) is 23.1. The van der Waals surface area contributed by atoms with Crippen LogP contribution >= 0.6 is 11.8 Å². The van der Waals surface area contributed by atoms with Crippen LogP contribution in [0.3, 0.4) is 0 Å². The number of thioether (sulfide) groups is 1. The van der Waals surface area contributed by atoms with Crippen molar-refractivity contribution in [2.24, 2.45) is 4.99 Å². The van der Waals surface area contributed by atoms with Crippen LogP contribution in [0.4, 0.5) is 4.79 Å². The Morgan fingerprint density at radius 3 is 2.56 bits per heavy atom. The molecular weight excluding hydrogens is 444 g/mol. The Kier molecular flexibility index (Phi) is 8.16. The van der Waals surface area contributed by atoms with Crippen molar-refractivity contribution < 1.29 is 9.90 Å². The number of aromatic hydroxyl groups is 1. The van der Waals surface area contributed by atoms with Crippen LogP contribution in [0.1, 0.15) is 46.5 Å². The summed E-state index contributed by atoms with van der Waals surface area (Å²) < 4.78 is 0. The molecule has 0 spiro atoms. The van der Waals surface area contributed by atoms with E-state index >= 15 is 0 Å². The Morgan fingerprint density at radius 2 is 1.88 bits per heavy atom. The Hall–Kier alpha value is -2.51. The molecule has 2 aliphatic heterocycles. The molecule has 2 saturated heterocycles. The number of piperidine rings is 1. The summed E-state index contributed by atoms with van der Waals surface area (Å²) in [7, 11) is 0. The van der Waals surface area contributed by atoms with Crippen molar-refractivity contribution in [2.75, 3.05) is 26.2 Å². The molecule has 0 saturated carbocycles. The van der Waals surface area contributed by atoms with Gasteiger partial charge in [-0.15, -0.1) is 0 Å². The summed E-state index contributed by atoms with van der Waals surface area (Å²) in [6.45, 7) is 9.87. The summed E-state index contributed by atoms with van der Waals surface area (Å²) in [5, 5.41) is 13.5. The number of rotatable bonds is 6. The zero-order chi connectivity index (χ0) is 24.1. The van der Waals surface area contributed by atoms with Crippen molar-refractivity contribution in [2.45, 2.75) is 63.4 Å². The predicted molar refractivity (Wildman–Crippen MR) is 140 cm³/mol. The van der Waals surface area contributed by atoms with Crippen molar-refractivity contribution in [3.05, 3.63) is 59.3 Å². The fourth-order valence-corrected chi connectivity index (χ4v) is 5.74. The number of nitrogens with one attached hydrogen (secondary N) is 1. The number of urea groups is 1. The largest absolute Gasteiger partial charge is 0.508 e. The van der Waals surface area contributed by atoms with E-state index in [1.807, 2.05) is 19.1 Å². The minimum atomic E-state index is 0.0891. The van der Waals surface area contributed by atoms with Crippen LogP contribution in [0.2, 0.25) is 0 Å². The summed E-state index contributed by atoms with van der Waals surface area (Å²) in [5.74, 6) is 0.276. The van der Waals surface area contributed by atoms with Gasteiger partial charge in [-0.25, -0.2) is 4.79 Å². The van der Waals surface area contributed by atoms with Crippen molar-refractivity contribution in [1.29, 1.82) is 0 Å². The zero-order valence-electron chi connectivity index (χ0n) is 20.5. The highest BCUT2D eigenvalue weighted by atomic mass is 32.2. The quantitative estimate of drug-likeness (QED) is 0.328. The van der Waals surface area contributed by atoms with Crippen LogP contribution in [-0.2, 0) is 0 Å². The SMILES string of the molecule is CC(=N/C(C)=C(\C)CN1CCC(N2C(=O)NC[C@H]2C2=CCCC=C2)CC1)Sc1ccc(O)cc1. The van der Waals surface area contributed by atoms with Gasteiger partial charge < -0.3 is 15.3 Å². The lowest BCUT2D eigenvalue weighted by Gasteiger charge is -2.39. The van der Waals surface area contributed by atoms with E-state index in [0.717, 1.165) is 67.5 Å². The van der Waals surface area contributed by atoms with Crippen LogP contribution in [0.15, 0.2) is 69.2 Å². The number of likely N-dealkylation sites (tertiary alicyclic amines) is 1. The molecule has 7 heteroatoms. The Morgan fingerprint density at radius 1 is 1.15 bits per heavy atom. The van der Waals surface area contributed by atoms with E-state index in [0.29, 0.717) is 6.04 Å². The van der Waals surface area contributed by atoms with Gasteiger partial charge in [0.05, 0.1) is 11.1 Å². The predicted octanol–water partition coefficient (Wildman–Crippen LogP) is 5.33. The number of aliphatic imine (C=N–C) groups is 1. The minimum Gasteiger partial charge on any atom is -0.508 e. The van der Waals surface area contributed by atoms with Gasteiger partial charge in [-0.1, -0.05) is 30.0 Å². The first-order valence-electron chi connectivity index (χ1n) is 12.2. The van der Waals surface area contributed by atoms with Crippen LogP contribution < -0.4 is 5.32 Å². The van der Waals surface area contributed by atoms with Gasteiger partial charge in [0.15, 0.2) is 0 Å². The molecular formula is C27H36N4O2S. The molecule has 182 valence electrons. The number of phenolic OH excluding ortho intramolecular Hbond substituents is 1. The molecule has 1 atom stereocenters. The van der Waals surface area contributed by atoms with Crippen LogP contribution in [-0.4, -0.2) is 64.2 Å². The van der Waals surface area contributed by atoms with Crippen LogP contribution in [0, 0.1) is 0 Å². The lowest BCUT2D eigenvalue weighted by Crippen LogP contribution is -2.49. The highest BCUT2D eigenvalue weighted by Gasteiger charge is 2.38. The van der Waals surface area contributed by atoms with Crippen LogP contribution in [0.25, 0.3) is 0 Å². The van der Waals surface area contributed by atoms with Gasteiger partial charge >= 0.3 is 6.03 Å². The van der Waals surface area contributed by atoms with Gasteiger partial charge in [0.2, 0.25) is 0 Å². The third-order valence-corrected chi connectivity index (χ3v) is 7.78. The maximum Gasteiger partial charge on any atom is 0.318 e. The first kappa shape index (κ1) is 24.6. The maximum atomic E-state index is 12.6. The smallest absolute Gasteiger partial charge is 0.318 e. The molecule has 3 aliphatic rings. The van der Waals surface area contributed by atoms with Gasteiger partial charge in [0.25, 0.3) is 0 Å². The molecule has 2 heterocycles. The summed E-state index contributed by atoms with van der Waals surface area (Å²) >= 11 is 1.61. The van der Waals surface area contributed by atoms with E-state index in [4.69, 9.17) is 4.99 Å². The molecule has 4 rings (SSSR count). The molecule has 2 amide bonds. The van der Waals surface area contributed by atoms with Crippen molar-refractivity contribution in [1.82, 2.24) is 15.1 Å². The number of hydrogen-bond donors (Lipinski definition) is 2. The second-order valence-corrected chi connectivity index (χ2v) is 10.7. The van der Waals surface area contributed by atoms with E-state index in [1.165, 1.54) is 11.1 Å². The van der Waals surface area contributed by atoms with Gasteiger partial charge in [-0.3, -0.25) is 9.89 Å². The second-order valence-electron chi connectivity index (χ2n) is 9.39. The monoisotopic (exact) mass is 480 g/mol. The summed E-state index contributed by atoms with van der Waals surface area (Å²) in [6, 6.07) is 7.77. The average molecular weight is 481 g/mol. The van der Waals surface area contributed by atoms with E-state index in [2.05, 4.69) is 47.2 Å². The maximum absolute atomic E-state index is 12.6. The number of hydrogen-bond acceptors (Lipinski definition) is 5. The van der Waals surface area contributed by atoms with E-state index < -0.39 is 0 Å². The molecule has 6 nitrogen and oxygen atoms in total. The van der Waals surface area contributed by atoms with Gasteiger partial charge in [0, 0.05) is 42.8 Å². The molecule has 1 aliphatic carbocycles. The molecule has 1 aromatic carbocycles. The molecule has 2 fully saturated rings. The first-order chi connectivity index (χ1) is 16.4. The number of nitrogens with zero attached hydrogens (tertiary/aromatic N) is 3. The molecule has 0 unspecified atom stereocenters. The Balaban J connectivity index is 1.31. The van der Waals surface area contributed by atoms with Gasteiger partial charge in [-0.05, 0) is 81.9 Å². The molecule has 1 aromatic rings. The van der Waals surface area contributed by atoms with Crippen molar-refractivity contribution in [3.8, 4) is 5.75 Å². The number of carbonyl (C=O) groups excluding carboxylic acids is 1. The molecule has 0 bridgehead atoms.